The van der Waals surface area contributed by atoms with Gasteiger partial charge in [0.15, 0.2) is 0 Å². The van der Waals surface area contributed by atoms with Crippen molar-refractivity contribution in [1.29, 1.82) is 0 Å². The molecule has 1 saturated heterocycles. The molecular formula is C15H20FN3O2. The van der Waals surface area contributed by atoms with Crippen LogP contribution >= 0.6 is 0 Å². The molecule has 1 aliphatic rings. The molecule has 1 fully saturated rings. The van der Waals surface area contributed by atoms with E-state index >= 15 is 0 Å². The summed E-state index contributed by atoms with van der Waals surface area (Å²) in [5, 5.41) is 0. The van der Waals surface area contributed by atoms with Crippen molar-refractivity contribution in [2.45, 2.75) is 0 Å². The summed E-state index contributed by atoms with van der Waals surface area (Å²) in [6, 6.07) is 5.33. The summed E-state index contributed by atoms with van der Waals surface area (Å²) in [4.78, 5) is 29.6. The number of halogens is 1. The summed E-state index contributed by atoms with van der Waals surface area (Å²) >= 11 is 0. The number of benzene rings is 1. The predicted molar refractivity (Wildman–Crippen MR) is 77.4 cm³/mol. The molecule has 1 heterocycles. The zero-order chi connectivity index (χ0) is 15.4. The standard InChI is InChI=1S/C15H20FN3O2/c1-17-7-9-19(10-8-17)14(20)11-18(2)15(21)12-3-5-13(16)6-4-12/h3-6H,7-11H2,1-2H3. The molecule has 1 aliphatic heterocycles. The number of piperazine rings is 1. The maximum absolute atomic E-state index is 12.8. The zero-order valence-electron chi connectivity index (χ0n) is 12.4. The molecule has 21 heavy (non-hydrogen) atoms. The van der Waals surface area contributed by atoms with E-state index in [1.54, 1.807) is 11.9 Å². The van der Waals surface area contributed by atoms with Crippen molar-refractivity contribution in [2.75, 3.05) is 46.8 Å². The Balaban J connectivity index is 1.91. The van der Waals surface area contributed by atoms with Gasteiger partial charge in [-0.25, -0.2) is 4.39 Å². The Bertz CT molecular complexity index is 510. The van der Waals surface area contributed by atoms with Gasteiger partial charge in [-0.2, -0.15) is 0 Å². The quantitative estimate of drug-likeness (QED) is 0.823. The lowest BCUT2D eigenvalue weighted by Gasteiger charge is -2.33. The molecule has 6 heteroatoms. The minimum atomic E-state index is -0.386. The number of carbonyl (C=O) groups is 2. The Morgan fingerprint density at radius 3 is 2.29 bits per heavy atom. The Morgan fingerprint density at radius 2 is 1.71 bits per heavy atom. The van der Waals surface area contributed by atoms with Crippen molar-refractivity contribution in [2.24, 2.45) is 0 Å². The third-order valence-electron chi connectivity index (χ3n) is 3.67. The lowest BCUT2D eigenvalue weighted by molar-refractivity contribution is -0.133. The number of carbonyl (C=O) groups excluding carboxylic acids is 2. The third-order valence-corrected chi connectivity index (χ3v) is 3.67. The van der Waals surface area contributed by atoms with Crippen LogP contribution in [0, 0.1) is 5.82 Å². The molecule has 0 aliphatic carbocycles. The van der Waals surface area contributed by atoms with Gasteiger partial charge in [-0.3, -0.25) is 9.59 Å². The summed E-state index contributed by atoms with van der Waals surface area (Å²) in [7, 11) is 3.60. The Kier molecular flexibility index (Phi) is 4.90. The predicted octanol–water partition coefficient (Wildman–Crippen LogP) is 0.672. The van der Waals surface area contributed by atoms with Crippen LogP contribution < -0.4 is 0 Å². The van der Waals surface area contributed by atoms with Crippen LogP contribution in [0.1, 0.15) is 10.4 Å². The van der Waals surface area contributed by atoms with Crippen LogP contribution in [-0.4, -0.2) is 73.3 Å². The van der Waals surface area contributed by atoms with E-state index in [-0.39, 0.29) is 24.2 Å². The Morgan fingerprint density at radius 1 is 1.14 bits per heavy atom. The molecule has 0 N–H and O–H groups in total. The highest BCUT2D eigenvalue weighted by Gasteiger charge is 2.22. The summed E-state index contributed by atoms with van der Waals surface area (Å²) in [5.41, 5.74) is 0.380. The number of rotatable bonds is 3. The van der Waals surface area contributed by atoms with Crippen LogP contribution in [0.4, 0.5) is 4.39 Å². The summed E-state index contributed by atoms with van der Waals surface area (Å²) in [6.45, 7) is 3.12. The van der Waals surface area contributed by atoms with Crippen molar-refractivity contribution in [3.63, 3.8) is 0 Å². The van der Waals surface area contributed by atoms with E-state index in [9.17, 15) is 14.0 Å². The van der Waals surface area contributed by atoms with Gasteiger partial charge in [0.1, 0.15) is 5.82 Å². The minimum absolute atomic E-state index is 0.0416. The molecule has 1 aromatic carbocycles. The van der Waals surface area contributed by atoms with Gasteiger partial charge in [0.2, 0.25) is 5.91 Å². The van der Waals surface area contributed by atoms with Gasteiger partial charge in [0, 0.05) is 38.8 Å². The normalized spacial score (nSPS) is 15.9. The van der Waals surface area contributed by atoms with Gasteiger partial charge in [0.25, 0.3) is 5.91 Å². The SMILES string of the molecule is CN1CCN(C(=O)CN(C)C(=O)c2ccc(F)cc2)CC1. The van der Waals surface area contributed by atoms with Crippen LogP contribution in [-0.2, 0) is 4.79 Å². The van der Waals surface area contributed by atoms with Gasteiger partial charge < -0.3 is 14.7 Å². The van der Waals surface area contributed by atoms with E-state index in [4.69, 9.17) is 0 Å². The highest BCUT2D eigenvalue weighted by Crippen LogP contribution is 2.07. The molecule has 0 saturated carbocycles. The van der Waals surface area contributed by atoms with Crippen molar-refractivity contribution in [3.05, 3.63) is 35.6 Å². The first-order chi connectivity index (χ1) is 9.97. The molecule has 0 atom stereocenters. The van der Waals surface area contributed by atoms with Gasteiger partial charge in [-0.05, 0) is 31.3 Å². The maximum atomic E-state index is 12.8. The van der Waals surface area contributed by atoms with E-state index in [1.807, 2.05) is 7.05 Å². The molecule has 0 unspecified atom stereocenters. The Labute approximate surface area is 123 Å². The van der Waals surface area contributed by atoms with Crippen molar-refractivity contribution >= 4 is 11.8 Å². The molecule has 0 bridgehead atoms. The second-order valence-corrected chi connectivity index (χ2v) is 5.35. The first-order valence-electron chi connectivity index (χ1n) is 6.94. The lowest BCUT2D eigenvalue weighted by atomic mass is 10.2. The fraction of sp³-hybridized carbons (Fsp3) is 0.467. The van der Waals surface area contributed by atoms with Crippen LogP contribution in [0.2, 0.25) is 0 Å². The van der Waals surface area contributed by atoms with E-state index in [0.717, 1.165) is 13.1 Å². The fourth-order valence-corrected chi connectivity index (χ4v) is 2.24. The second-order valence-electron chi connectivity index (χ2n) is 5.35. The number of hydrogen-bond acceptors (Lipinski definition) is 3. The van der Waals surface area contributed by atoms with Crippen molar-refractivity contribution in [3.8, 4) is 0 Å². The highest BCUT2D eigenvalue weighted by atomic mass is 19.1. The zero-order valence-corrected chi connectivity index (χ0v) is 12.4. The molecule has 5 nitrogen and oxygen atoms in total. The second kappa shape index (κ2) is 6.67. The molecule has 0 radical (unpaired) electrons. The van der Waals surface area contributed by atoms with E-state index in [1.165, 1.54) is 29.2 Å². The van der Waals surface area contributed by atoms with Gasteiger partial charge in [-0.1, -0.05) is 0 Å². The van der Waals surface area contributed by atoms with Crippen molar-refractivity contribution in [1.82, 2.24) is 14.7 Å². The number of hydrogen-bond donors (Lipinski definition) is 0. The van der Waals surface area contributed by atoms with Crippen LogP contribution in [0.5, 0.6) is 0 Å². The van der Waals surface area contributed by atoms with Gasteiger partial charge >= 0.3 is 0 Å². The smallest absolute Gasteiger partial charge is 0.254 e. The minimum Gasteiger partial charge on any atom is -0.339 e. The topological polar surface area (TPSA) is 43.9 Å². The highest BCUT2D eigenvalue weighted by molar-refractivity contribution is 5.96. The van der Waals surface area contributed by atoms with Gasteiger partial charge in [-0.15, -0.1) is 0 Å². The molecule has 0 aromatic heterocycles. The fourth-order valence-electron chi connectivity index (χ4n) is 2.24. The number of likely N-dealkylation sites (N-methyl/N-ethyl adjacent to an activating group) is 2. The number of amides is 2. The Hall–Kier alpha value is -1.95. The largest absolute Gasteiger partial charge is 0.339 e. The summed E-state index contributed by atoms with van der Waals surface area (Å²) in [5.74, 6) is -0.721. The molecule has 114 valence electrons. The lowest BCUT2D eigenvalue weighted by Crippen LogP contribution is -2.50. The monoisotopic (exact) mass is 293 g/mol. The van der Waals surface area contributed by atoms with Crippen LogP contribution in [0.3, 0.4) is 0 Å². The summed E-state index contributed by atoms with van der Waals surface area (Å²) < 4.78 is 12.8. The first-order valence-corrected chi connectivity index (χ1v) is 6.94. The number of nitrogens with zero attached hydrogens (tertiary/aromatic N) is 3. The van der Waals surface area contributed by atoms with Crippen LogP contribution in [0.25, 0.3) is 0 Å². The molecule has 2 amide bonds. The van der Waals surface area contributed by atoms with Gasteiger partial charge in [0.05, 0.1) is 6.54 Å². The van der Waals surface area contributed by atoms with E-state index in [0.29, 0.717) is 18.7 Å². The molecular weight excluding hydrogens is 273 g/mol. The third kappa shape index (κ3) is 4.01. The average molecular weight is 293 g/mol. The summed E-state index contributed by atoms with van der Waals surface area (Å²) in [6.07, 6.45) is 0. The molecule has 0 spiro atoms. The van der Waals surface area contributed by atoms with Crippen molar-refractivity contribution < 1.29 is 14.0 Å². The van der Waals surface area contributed by atoms with Crippen LogP contribution in [0.15, 0.2) is 24.3 Å². The average Bonchev–Trinajstić information content (AvgIpc) is 2.47. The van der Waals surface area contributed by atoms with E-state index in [2.05, 4.69) is 4.90 Å². The maximum Gasteiger partial charge on any atom is 0.254 e. The molecule has 2 rings (SSSR count). The van der Waals surface area contributed by atoms with E-state index < -0.39 is 0 Å². The first kappa shape index (κ1) is 15.4. The molecule has 1 aromatic rings.